The number of carbonyl (C=O) groups excluding carboxylic acids is 2. The zero-order valence-corrected chi connectivity index (χ0v) is 56.7. The van der Waals surface area contributed by atoms with Crippen LogP contribution in [0.3, 0.4) is 0 Å². The molecule has 3 atom stereocenters. The summed E-state index contributed by atoms with van der Waals surface area (Å²) in [6, 6.07) is 63.0. The lowest BCUT2D eigenvalue weighted by molar-refractivity contribution is -0.114. The minimum Gasteiger partial charge on any atom is -0.398 e. The van der Waals surface area contributed by atoms with Crippen LogP contribution < -0.4 is 16.4 Å². The van der Waals surface area contributed by atoms with Crippen molar-refractivity contribution < 1.29 is 9.59 Å². The summed E-state index contributed by atoms with van der Waals surface area (Å²) >= 11 is 27.6. The van der Waals surface area contributed by atoms with Crippen molar-refractivity contribution in [3.8, 4) is 0 Å². The van der Waals surface area contributed by atoms with Gasteiger partial charge in [-0.15, -0.1) is 35.3 Å². The van der Waals surface area contributed by atoms with Crippen LogP contribution in [0.5, 0.6) is 0 Å². The monoisotopic (exact) mass is 1320 g/mol. The van der Waals surface area contributed by atoms with Gasteiger partial charge in [0.2, 0.25) is 11.1 Å². The Morgan fingerprint density at radius 1 is 0.411 bits per heavy atom. The normalized spacial score (nSPS) is 18.9. The summed E-state index contributed by atoms with van der Waals surface area (Å²) < 4.78 is 0. The van der Waals surface area contributed by atoms with Crippen LogP contribution in [0, 0.1) is 20.8 Å². The molecule has 6 aliphatic carbocycles. The van der Waals surface area contributed by atoms with Crippen molar-refractivity contribution in [2.75, 3.05) is 40.2 Å². The van der Waals surface area contributed by atoms with E-state index in [0.29, 0.717) is 21.6 Å². The first-order valence-corrected chi connectivity index (χ1v) is 35.9. The molecule has 0 radical (unpaired) electrons. The molecule has 0 heterocycles. The van der Waals surface area contributed by atoms with Crippen LogP contribution in [0.2, 0.25) is 15.1 Å². The lowest BCUT2D eigenvalue weighted by Gasteiger charge is -2.30. The molecule has 15 rings (SSSR count). The molecular formula is C78H75Cl4N3O2S3. The molecule has 5 nitrogen and oxygen atoms in total. The van der Waals surface area contributed by atoms with Gasteiger partial charge >= 0.3 is 0 Å². The summed E-state index contributed by atoms with van der Waals surface area (Å²) in [5, 5.41) is 8.88. The Hall–Kier alpha value is -6.07. The zero-order valence-electron chi connectivity index (χ0n) is 51.3. The Morgan fingerprint density at radius 3 is 1.17 bits per heavy atom. The highest BCUT2D eigenvalue weighted by Gasteiger charge is 2.49. The number of nitrogens with two attached hydrogens (primary N) is 1. The number of carbonyl (C=O) groups is 2. The Morgan fingerprint density at radius 2 is 0.744 bits per heavy atom. The second kappa shape index (κ2) is 28.0. The van der Waals surface area contributed by atoms with Crippen molar-refractivity contribution in [1.82, 2.24) is 0 Å². The molecule has 9 aromatic carbocycles. The Bertz CT molecular complexity index is 4050. The average molecular weight is 1320 g/mol. The van der Waals surface area contributed by atoms with Gasteiger partial charge in [-0.2, -0.15) is 0 Å². The van der Waals surface area contributed by atoms with E-state index in [1.165, 1.54) is 147 Å². The van der Waals surface area contributed by atoms with Crippen LogP contribution in [0.25, 0.3) is 0 Å². The molecule has 0 saturated heterocycles. The third-order valence-electron chi connectivity index (χ3n) is 19.5. The predicted octanol–water partition coefficient (Wildman–Crippen LogP) is 20.5. The van der Waals surface area contributed by atoms with E-state index in [0.717, 1.165) is 64.2 Å². The standard InChI is InChI=1S/C26H24ClNOS.C26H26ClNS.C18H19N.C8H6Cl2OS/c1-17-4-2-5-18-12-14-26(24(17)18)15-13-19-6-3-7-22(25(19)26)28-23(29)16-30-21-10-8-20(27)9-11-21;1-18-4-2-5-19-12-14-26(24(18)19)15-13-20-6-3-7-23(25(20)26)28-16-17-29-22-10-8-21(27)9-11-22;1-12-4-2-5-13-8-10-18(16(12)13)11-9-14-6-3-7-15(19)17(14)18;9-6-1-3-7(4-2-6)12-5-8(10)11/h2-11H,12-16H2,1H3,(H,28,29);2-11,28H,12-17H2,1H3;2-7H,8-11,19H2,1H3;1-4H,5H2/t2*26-;18-;/m111./s1. The fourth-order valence-corrected chi connectivity index (χ4v) is 18.7. The smallest absolute Gasteiger partial charge is 0.234 e. The number of nitrogens with one attached hydrogen (secondary N) is 2. The number of thioether (sulfide) groups is 3. The quantitative estimate of drug-likeness (QED) is 0.0486. The minimum absolute atomic E-state index is 0.0356. The fraction of sp³-hybridized carbons (Fsp3) is 0.282. The SMILES string of the molecule is Cc1cccc2c1[C@@]1(CC2)CCc2cccc(N)c21.Cc1cccc2c1[C@@]1(CC2)CCc2cccc(NC(=O)CSc3ccc(Cl)cc3)c21.Cc1cccc2c1[C@@]1(CC2)CCc2cccc(NCCSc3ccc(Cl)cc3)c21.O=C(Cl)CSc1ccc(Cl)cc1. The summed E-state index contributed by atoms with van der Waals surface area (Å²) in [4.78, 5) is 26.5. The van der Waals surface area contributed by atoms with Crippen LogP contribution in [0.1, 0.15) is 122 Å². The second-order valence-corrected chi connectivity index (χ2v) is 29.7. The van der Waals surface area contributed by atoms with E-state index in [2.05, 4.69) is 153 Å². The highest BCUT2D eigenvalue weighted by atomic mass is 35.5. The number of anilines is 3. The molecule has 12 heteroatoms. The molecule has 0 fully saturated rings. The Kier molecular flexibility index (Phi) is 19.9. The number of aryl methyl sites for hydroxylation is 9. The number of hydrogen-bond donors (Lipinski definition) is 3. The molecule has 90 heavy (non-hydrogen) atoms. The lowest BCUT2D eigenvalue weighted by Crippen LogP contribution is -2.25. The Balaban J connectivity index is 0.000000122. The number of benzene rings is 9. The van der Waals surface area contributed by atoms with Crippen LogP contribution in [-0.4, -0.2) is 35.0 Å². The number of amides is 1. The summed E-state index contributed by atoms with van der Waals surface area (Å²) in [5.41, 5.74) is 32.4. The largest absolute Gasteiger partial charge is 0.398 e. The van der Waals surface area contributed by atoms with Gasteiger partial charge in [0.25, 0.3) is 0 Å². The molecule has 4 N–H and O–H groups in total. The van der Waals surface area contributed by atoms with Crippen molar-refractivity contribution >= 4 is 110 Å². The van der Waals surface area contributed by atoms with Gasteiger partial charge in [0.15, 0.2) is 0 Å². The van der Waals surface area contributed by atoms with Crippen molar-refractivity contribution in [3.63, 3.8) is 0 Å². The lowest BCUT2D eigenvalue weighted by atomic mass is 9.74. The molecule has 6 aliphatic rings. The second-order valence-electron chi connectivity index (χ2n) is 24.8. The number of hydrogen-bond acceptors (Lipinski definition) is 7. The van der Waals surface area contributed by atoms with Gasteiger partial charge in [0.05, 0.1) is 11.5 Å². The third-order valence-corrected chi connectivity index (χ3v) is 23.6. The molecule has 1 amide bonds. The third kappa shape index (κ3) is 13.3. The van der Waals surface area contributed by atoms with Gasteiger partial charge in [-0.25, -0.2) is 0 Å². The molecule has 0 unspecified atom stereocenters. The predicted molar refractivity (Wildman–Crippen MR) is 384 cm³/mol. The molecule has 0 aromatic heterocycles. The minimum atomic E-state index is -0.338. The van der Waals surface area contributed by atoms with Crippen LogP contribution in [-0.2, 0) is 64.4 Å². The van der Waals surface area contributed by atoms with E-state index in [4.69, 9.17) is 52.1 Å². The molecule has 460 valence electrons. The van der Waals surface area contributed by atoms with Gasteiger partial charge in [-0.3, -0.25) is 9.59 Å². The molecule has 0 saturated carbocycles. The Labute approximate surface area is 564 Å². The van der Waals surface area contributed by atoms with Gasteiger partial charge in [-0.1, -0.05) is 126 Å². The number of rotatable bonds is 12. The molecular weight excluding hydrogens is 1250 g/mol. The maximum atomic E-state index is 12.8. The first kappa shape index (κ1) is 64.1. The average Bonchev–Trinajstić information content (AvgIpc) is 1.63. The molecule has 3 spiro atoms. The first-order chi connectivity index (χ1) is 43.6. The van der Waals surface area contributed by atoms with Crippen LogP contribution in [0.15, 0.2) is 197 Å². The maximum absolute atomic E-state index is 12.8. The molecule has 9 aromatic rings. The number of fused-ring (bicyclic) bond motifs is 12. The summed E-state index contributed by atoms with van der Waals surface area (Å²) in [5.74, 6) is 1.75. The van der Waals surface area contributed by atoms with E-state index in [9.17, 15) is 9.59 Å². The van der Waals surface area contributed by atoms with E-state index in [1.54, 1.807) is 34.4 Å². The molecule has 0 aliphatic heterocycles. The zero-order chi connectivity index (χ0) is 62.6. The number of nitrogen functional groups attached to an aromatic ring is 1. The molecule has 0 bridgehead atoms. The van der Waals surface area contributed by atoms with E-state index in [-0.39, 0.29) is 27.4 Å². The maximum Gasteiger partial charge on any atom is 0.234 e. The van der Waals surface area contributed by atoms with E-state index < -0.39 is 0 Å². The van der Waals surface area contributed by atoms with Crippen molar-refractivity contribution in [2.24, 2.45) is 0 Å². The van der Waals surface area contributed by atoms with E-state index in [1.807, 2.05) is 60.3 Å². The first-order valence-electron chi connectivity index (χ1n) is 31.4. The van der Waals surface area contributed by atoms with Crippen molar-refractivity contribution in [3.05, 3.63) is 281 Å². The fourth-order valence-electron chi connectivity index (χ4n) is 16.0. The van der Waals surface area contributed by atoms with Crippen LogP contribution >= 0.6 is 81.7 Å². The summed E-state index contributed by atoms with van der Waals surface area (Å²) in [7, 11) is 0. The summed E-state index contributed by atoms with van der Waals surface area (Å²) in [6.07, 6.45) is 14.2. The van der Waals surface area contributed by atoms with Crippen molar-refractivity contribution in [1.29, 1.82) is 0 Å². The summed E-state index contributed by atoms with van der Waals surface area (Å²) in [6.45, 7) is 7.74. The van der Waals surface area contributed by atoms with Crippen molar-refractivity contribution in [2.45, 2.75) is 129 Å². The number of halogens is 4. The van der Waals surface area contributed by atoms with Gasteiger partial charge in [0, 0.05) is 75.4 Å². The van der Waals surface area contributed by atoms with Gasteiger partial charge < -0.3 is 16.4 Å². The topological polar surface area (TPSA) is 84.2 Å². The van der Waals surface area contributed by atoms with Gasteiger partial charge in [-0.05, 0) is 284 Å². The highest BCUT2D eigenvalue weighted by molar-refractivity contribution is 8.00. The van der Waals surface area contributed by atoms with E-state index >= 15 is 0 Å². The highest BCUT2D eigenvalue weighted by Crippen LogP contribution is 2.58. The van der Waals surface area contributed by atoms with Crippen LogP contribution in [0.4, 0.5) is 17.1 Å². The van der Waals surface area contributed by atoms with Gasteiger partial charge in [0.1, 0.15) is 0 Å².